The smallest absolute Gasteiger partial charge is 0.142 e. The van der Waals surface area contributed by atoms with Gasteiger partial charge in [0.1, 0.15) is 5.82 Å². The molecule has 76 valence electrons. The van der Waals surface area contributed by atoms with Crippen molar-refractivity contribution in [3.63, 3.8) is 0 Å². The molecule has 4 heteroatoms. The van der Waals surface area contributed by atoms with Gasteiger partial charge in [0, 0.05) is 17.0 Å². The molecule has 1 aliphatic rings. The summed E-state index contributed by atoms with van der Waals surface area (Å²) in [5, 5.41) is 0.598. The lowest BCUT2D eigenvalue weighted by Gasteiger charge is -2.28. The fourth-order valence-corrected chi connectivity index (χ4v) is 3.05. The lowest BCUT2D eigenvalue weighted by molar-refractivity contribution is 0.620. The molecule has 0 spiro atoms. The second-order valence-electron chi connectivity index (χ2n) is 3.47. The van der Waals surface area contributed by atoms with E-state index in [0.29, 0.717) is 5.25 Å². The Kier molecular flexibility index (Phi) is 2.73. The van der Waals surface area contributed by atoms with E-state index in [1.807, 2.05) is 0 Å². The molecule has 0 amide bonds. The minimum Gasteiger partial charge on any atom is -0.323 e. The van der Waals surface area contributed by atoms with Gasteiger partial charge in [-0.05, 0) is 17.2 Å². The predicted octanol–water partition coefficient (Wildman–Crippen LogP) is 3.11. The zero-order valence-corrected chi connectivity index (χ0v) is 9.33. The van der Waals surface area contributed by atoms with Gasteiger partial charge in [0.2, 0.25) is 0 Å². The zero-order chi connectivity index (χ0) is 10.3. The largest absolute Gasteiger partial charge is 0.323 e. The van der Waals surface area contributed by atoms with E-state index in [1.165, 1.54) is 6.07 Å². The van der Waals surface area contributed by atoms with Gasteiger partial charge in [0.25, 0.3) is 0 Å². The topological polar surface area (TPSA) is 26.0 Å². The van der Waals surface area contributed by atoms with Gasteiger partial charge in [-0.1, -0.05) is 24.6 Å². The second-order valence-corrected chi connectivity index (χ2v) is 5.21. The number of benzene rings is 1. The van der Waals surface area contributed by atoms with Crippen LogP contribution in [0.4, 0.5) is 4.39 Å². The van der Waals surface area contributed by atoms with E-state index in [1.54, 1.807) is 17.8 Å². The Balaban J connectivity index is 2.53. The molecule has 2 N–H and O–H groups in total. The molecule has 0 saturated heterocycles. The first kappa shape index (κ1) is 10.3. The van der Waals surface area contributed by atoms with Crippen LogP contribution in [-0.2, 0) is 5.75 Å². The van der Waals surface area contributed by atoms with Crippen LogP contribution >= 0.6 is 23.4 Å². The maximum absolute atomic E-state index is 13.1. The van der Waals surface area contributed by atoms with Crippen molar-refractivity contribution < 1.29 is 4.39 Å². The molecule has 0 aliphatic carbocycles. The first-order valence-electron chi connectivity index (χ1n) is 4.45. The van der Waals surface area contributed by atoms with E-state index in [-0.39, 0.29) is 16.9 Å². The molecule has 0 saturated carbocycles. The minimum absolute atomic E-state index is 0.0400. The van der Waals surface area contributed by atoms with Crippen molar-refractivity contribution in [2.75, 3.05) is 0 Å². The van der Waals surface area contributed by atoms with Crippen molar-refractivity contribution in [1.29, 1.82) is 0 Å². The number of hydrogen-bond acceptors (Lipinski definition) is 2. The van der Waals surface area contributed by atoms with Crippen molar-refractivity contribution in [1.82, 2.24) is 0 Å². The number of hydrogen-bond donors (Lipinski definition) is 1. The summed E-state index contributed by atoms with van der Waals surface area (Å²) in [5.74, 6) is 0.397. The molecule has 2 rings (SSSR count). The summed E-state index contributed by atoms with van der Waals surface area (Å²) in [6, 6.07) is 3.10. The Bertz CT molecular complexity index is 369. The number of halogens is 2. The SMILES string of the molecule is CC1SCc2c(ccc(F)c2Cl)C1N. The molecule has 0 aromatic heterocycles. The van der Waals surface area contributed by atoms with Gasteiger partial charge in [-0.2, -0.15) is 11.8 Å². The Hall–Kier alpha value is -0.250. The van der Waals surface area contributed by atoms with Gasteiger partial charge in [-0.25, -0.2) is 4.39 Å². The highest BCUT2D eigenvalue weighted by Gasteiger charge is 2.26. The summed E-state index contributed by atoms with van der Waals surface area (Å²) in [7, 11) is 0. The molecule has 0 radical (unpaired) electrons. The molecule has 1 aromatic rings. The molecule has 2 unspecified atom stereocenters. The van der Waals surface area contributed by atoms with Crippen LogP contribution in [0.3, 0.4) is 0 Å². The van der Waals surface area contributed by atoms with Crippen LogP contribution in [0.25, 0.3) is 0 Å². The summed E-state index contributed by atoms with van der Waals surface area (Å²) in [6.07, 6.45) is 0. The second kappa shape index (κ2) is 3.72. The third-order valence-electron chi connectivity index (χ3n) is 2.59. The summed E-state index contributed by atoms with van der Waals surface area (Å²) >= 11 is 7.60. The molecular weight excluding hydrogens is 221 g/mol. The number of nitrogens with two attached hydrogens (primary N) is 1. The average molecular weight is 232 g/mol. The van der Waals surface area contributed by atoms with Crippen LogP contribution < -0.4 is 5.73 Å². The van der Waals surface area contributed by atoms with Gasteiger partial charge < -0.3 is 5.73 Å². The Morgan fingerprint density at radius 2 is 2.29 bits per heavy atom. The van der Waals surface area contributed by atoms with E-state index in [9.17, 15) is 4.39 Å². The van der Waals surface area contributed by atoms with Crippen LogP contribution in [0.5, 0.6) is 0 Å². The van der Waals surface area contributed by atoms with Crippen LogP contribution in [0.15, 0.2) is 12.1 Å². The van der Waals surface area contributed by atoms with E-state index in [4.69, 9.17) is 17.3 Å². The van der Waals surface area contributed by atoms with Crippen molar-refractivity contribution in [2.45, 2.75) is 24.0 Å². The van der Waals surface area contributed by atoms with Gasteiger partial charge in [0.15, 0.2) is 0 Å². The molecular formula is C10H11ClFNS. The molecule has 1 nitrogen and oxygen atoms in total. The maximum Gasteiger partial charge on any atom is 0.142 e. The summed E-state index contributed by atoms with van der Waals surface area (Å²) in [5.41, 5.74) is 7.86. The van der Waals surface area contributed by atoms with Crippen molar-refractivity contribution in [3.8, 4) is 0 Å². The van der Waals surface area contributed by atoms with Gasteiger partial charge >= 0.3 is 0 Å². The fraction of sp³-hybridized carbons (Fsp3) is 0.400. The Morgan fingerprint density at radius 3 is 3.00 bits per heavy atom. The monoisotopic (exact) mass is 231 g/mol. The highest BCUT2D eigenvalue weighted by atomic mass is 35.5. The van der Waals surface area contributed by atoms with Gasteiger partial charge in [-0.15, -0.1) is 0 Å². The number of fused-ring (bicyclic) bond motifs is 1. The summed E-state index contributed by atoms with van der Waals surface area (Å²) in [4.78, 5) is 0. The Morgan fingerprint density at radius 1 is 1.57 bits per heavy atom. The van der Waals surface area contributed by atoms with E-state index in [0.717, 1.165) is 16.9 Å². The van der Waals surface area contributed by atoms with E-state index in [2.05, 4.69) is 6.92 Å². The zero-order valence-electron chi connectivity index (χ0n) is 7.76. The van der Waals surface area contributed by atoms with Crippen LogP contribution in [0.1, 0.15) is 24.1 Å². The number of rotatable bonds is 0. The lowest BCUT2D eigenvalue weighted by Crippen LogP contribution is -2.26. The molecule has 1 heterocycles. The van der Waals surface area contributed by atoms with E-state index < -0.39 is 0 Å². The molecule has 0 fully saturated rings. The summed E-state index contributed by atoms with van der Waals surface area (Å²) in [6.45, 7) is 2.08. The van der Waals surface area contributed by atoms with Crippen LogP contribution in [0, 0.1) is 5.82 Å². The highest BCUT2D eigenvalue weighted by molar-refractivity contribution is 7.99. The van der Waals surface area contributed by atoms with Crippen LogP contribution in [0.2, 0.25) is 5.02 Å². The predicted molar refractivity (Wildman–Crippen MR) is 59.1 cm³/mol. The molecule has 14 heavy (non-hydrogen) atoms. The average Bonchev–Trinajstić information content (AvgIpc) is 2.17. The number of thioether (sulfide) groups is 1. The maximum atomic E-state index is 13.1. The van der Waals surface area contributed by atoms with Crippen molar-refractivity contribution >= 4 is 23.4 Å². The normalized spacial score (nSPS) is 26.0. The van der Waals surface area contributed by atoms with Crippen molar-refractivity contribution in [2.24, 2.45) is 5.73 Å². The first-order valence-corrected chi connectivity index (χ1v) is 5.88. The van der Waals surface area contributed by atoms with Gasteiger partial charge in [-0.3, -0.25) is 0 Å². The quantitative estimate of drug-likeness (QED) is 0.743. The van der Waals surface area contributed by atoms with Crippen molar-refractivity contribution in [3.05, 3.63) is 34.1 Å². The Labute approximate surface area is 91.8 Å². The molecule has 0 bridgehead atoms. The van der Waals surface area contributed by atoms with Crippen LogP contribution in [-0.4, -0.2) is 5.25 Å². The third-order valence-corrected chi connectivity index (χ3v) is 4.27. The van der Waals surface area contributed by atoms with E-state index >= 15 is 0 Å². The molecule has 2 atom stereocenters. The third kappa shape index (κ3) is 1.53. The minimum atomic E-state index is -0.354. The fourth-order valence-electron chi connectivity index (χ4n) is 1.64. The standard InChI is InChI=1S/C10H11ClFNS/c1-5-10(13)6-2-3-8(12)9(11)7(6)4-14-5/h2-3,5,10H,4,13H2,1H3. The molecule has 1 aliphatic heterocycles. The summed E-state index contributed by atoms with van der Waals surface area (Å²) < 4.78 is 13.1. The lowest BCUT2D eigenvalue weighted by atomic mass is 9.99. The van der Waals surface area contributed by atoms with Gasteiger partial charge in [0.05, 0.1) is 5.02 Å². The molecule has 1 aromatic carbocycles. The highest BCUT2D eigenvalue weighted by Crippen LogP contribution is 2.39. The first-order chi connectivity index (χ1) is 6.61.